The van der Waals surface area contributed by atoms with Crippen molar-refractivity contribution in [2.75, 3.05) is 5.32 Å². The fraction of sp³-hybridized carbons (Fsp3) is 0.0714. The summed E-state index contributed by atoms with van der Waals surface area (Å²) in [5.41, 5.74) is 0.628. The van der Waals surface area contributed by atoms with Gasteiger partial charge in [0.15, 0.2) is 11.6 Å². The van der Waals surface area contributed by atoms with E-state index in [1.807, 2.05) is 6.07 Å². The number of nitrogens with one attached hydrogen (secondary N) is 1. The molecule has 0 saturated carbocycles. The zero-order chi connectivity index (χ0) is 13.8. The average molecular weight is 326 g/mol. The molecule has 0 aliphatic rings. The molecule has 0 heterocycles. The van der Waals surface area contributed by atoms with E-state index in [1.54, 1.807) is 18.2 Å². The SMILES string of the molecule is O=C(Cc1cccc(F)c1F)Nc1cccc(Br)c1. The van der Waals surface area contributed by atoms with Crippen molar-refractivity contribution in [3.63, 3.8) is 0 Å². The van der Waals surface area contributed by atoms with Crippen LogP contribution in [0.3, 0.4) is 0 Å². The predicted octanol–water partition coefficient (Wildman–Crippen LogP) is 3.91. The molecule has 2 nitrogen and oxygen atoms in total. The normalized spacial score (nSPS) is 10.3. The predicted molar refractivity (Wildman–Crippen MR) is 72.8 cm³/mol. The maximum Gasteiger partial charge on any atom is 0.228 e. The van der Waals surface area contributed by atoms with Gasteiger partial charge in [-0.1, -0.05) is 34.1 Å². The van der Waals surface area contributed by atoms with Crippen LogP contribution in [0.25, 0.3) is 0 Å². The van der Waals surface area contributed by atoms with Gasteiger partial charge in [-0.3, -0.25) is 4.79 Å². The van der Waals surface area contributed by atoms with E-state index in [2.05, 4.69) is 21.2 Å². The number of benzene rings is 2. The summed E-state index contributed by atoms with van der Waals surface area (Å²) in [5.74, 6) is -2.33. The van der Waals surface area contributed by atoms with E-state index < -0.39 is 17.5 Å². The fourth-order valence-electron chi connectivity index (χ4n) is 1.63. The molecule has 1 amide bonds. The zero-order valence-corrected chi connectivity index (χ0v) is 11.4. The number of hydrogen-bond donors (Lipinski definition) is 1. The first-order valence-electron chi connectivity index (χ1n) is 5.54. The van der Waals surface area contributed by atoms with Gasteiger partial charge in [-0.2, -0.15) is 0 Å². The number of hydrogen-bond acceptors (Lipinski definition) is 1. The third-order valence-electron chi connectivity index (χ3n) is 2.49. The first-order chi connectivity index (χ1) is 9.06. The molecule has 0 aliphatic heterocycles. The zero-order valence-electron chi connectivity index (χ0n) is 9.79. The molecule has 0 aromatic heterocycles. The lowest BCUT2D eigenvalue weighted by atomic mass is 10.1. The van der Waals surface area contributed by atoms with Crippen LogP contribution in [0.1, 0.15) is 5.56 Å². The first-order valence-corrected chi connectivity index (χ1v) is 6.34. The van der Waals surface area contributed by atoms with Crippen LogP contribution in [0.5, 0.6) is 0 Å². The highest BCUT2D eigenvalue weighted by Crippen LogP contribution is 2.17. The number of amides is 1. The maximum atomic E-state index is 13.4. The molecule has 19 heavy (non-hydrogen) atoms. The molecule has 0 aliphatic carbocycles. The van der Waals surface area contributed by atoms with E-state index in [1.165, 1.54) is 12.1 Å². The lowest BCUT2D eigenvalue weighted by Gasteiger charge is -2.06. The Hall–Kier alpha value is -1.75. The van der Waals surface area contributed by atoms with Crippen LogP contribution in [-0.2, 0) is 11.2 Å². The summed E-state index contributed by atoms with van der Waals surface area (Å²) in [6, 6.07) is 10.8. The highest BCUT2D eigenvalue weighted by Gasteiger charge is 2.11. The number of rotatable bonds is 3. The van der Waals surface area contributed by atoms with Crippen molar-refractivity contribution >= 4 is 27.5 Å². The molecule has 0 bridgehead atoms. The summed E-state index contributed by atoms with van der Waals surface area (Å²) in [6.45, 7) is 0. The molecule has 0 fully saturated rings. The van der Waals surface area contributed by atoms with Crippen LogP contribution in [0.15, 0.2) is 46.9 Å². The van der Waals surface area contributed by atoms with Gasteiger partial charge in [-0.15, -0.1) is 0 Å². The van der Waals surface area contributed by atoms with Crippen molar-refractivity contribution in [3.8, 4) is 0 Å². The van der Waals surface area contributed by atoms with Crippen LogP contribution in [0.2, 0.25) is 0 Å². The summed E-state index contributed by atoms with van der Waals surface area (Å²) in [6.07, 6.45) is -0.212. The van der Waals surface area contributed by atoms with E-state index >= 15 is 0 Å². The molecule has 0 saturated heterocycles. The minimum atomic E-state index is -0.980. The van der Waals surface area contributed by atoms with Crippen molar-refractivity contribution in [3.05, 3.63) is 64.1 Å². The Morgan fingerprint density at radius 1 is 1.16 bits per heavy atom. The molecular formula is C14H10BrF2NO. The van der Waals surface area contributed by atoms with Gasteiger partial charge in [0.25, 0.3) is 0 Å². The second kappa shape index (κ2) is 5.93. The van der Waals surface area contributed by atoms with Gasteiger partial charge in [-0.25, -0.2) is 8.78 Å². The van der Waals surface area contributed by atoms with Gasteiger partial charge in [0.1, 0.15) is 0 Å². The Labute approximate surface area is 117 Å². The van der Waals surface area contributed by atoms with Gasteiger partial charge in [0, 0.05) is 15.7 Å². The molecule has 0 spiro atoms. The summed E-state index contributed by atoms with van der Waals surface area (Å²) in [5, 5.41) is 2.62. The van der Waals surface area contributed by atoms with Crippen molar-refractivity contribution in [1.82, 2.24) is 0 Å². The second-order valence-corrected chi connectivity index (χ2v) is 4.86. The Morgan fingerprint density at radius 2 is 1.89 bits per heavy atom. The Morgan fingerprint density at radius 3 is 2.63 bits per heavy atom. The summed E-state index contributed by atoms with van der Waals surface area (Å²) in [4.78, 5) is 11.7. The summed E-state index contributed by atoms with van der Waals surface area (Å²) in [7, 11) is 0. The molecule has 1 N–H and O–H groups in total. The van der Waals surface area contributed by atoms with Crippen molar-refractivity contribution in [1.29, 1.82) is 0 Å². The lowest BCUT2D eigenvalue weighted by Crippen LogP contribution is -2.15. The largest absolute Gasteiger partial charge is 0.326 e. The third kappa shape index (κ3) is 3.61. The van der Waals surface area contributed by atoms with E-state index in [4.69, 9.17) is 0 Å². The number of halogens is 3. The van der Waals surface area contributed by atoms with Gasteiger partial charge >= 0.3 is 0 Å². The molecule has 2 rings (SSSR count). The highest BCUT2D eigenvalue weighted by molar-refractivity contribution is 9.10. The monoisotopic (exact) mass is 325 g/mol. The van der Waals surface area contributed by atoms with E-state index in [9.17, 15) is 13.6 Å². The Bertz CT molecular complexity index is 616. The smallest absolute Gasteiger partial charge is 0.228 e. The minimum absolute atomic E-state index is 0.0347. The van der Waals surface area contributed by atoms with Crippen molar-refractivity contribution < 1.29 is 13.6 Å². The number of anilines is 1. The van der Waals surface area contributed by atoms with Crippen LogP contribution in [-0.4, -0.2) is 5.91 Å². The quantitative estimate of drug-likeness (QED) is 0.910. The molecule has 2 aromatic rings. The Kier molecular flexibility index (Phi) is 4.27. The Balaban J connectivity index is 2.08. The maximum absolute atomic E-state index is 13.4. The standard InChI is InChI=1S/C14H10BrF2NO/c15-10-4-2-5-11(8-10)18-13(19)7-9-3-1-6-12(16)14(9)17/h1-6,8H,7H2,(H,18,19). The molecule has 5 heteroatoms. The van der Waals surface area contributed by atoms with Crippen LogP contribution >= 0.6 is 15.9 Å². The average Bonchev–Trinajstić information content (AvgIpc) is 2.35. The van der Waals surface area contributed by atoms with Gasteiger partial charge in [-0.05, 0) is 24.3 Å². The van der Waals surface area contributed by atoms with E-state index in [0.29, 0.717) is 5.69 Å². The fourth-order valence-corrected chi connectivity index (χ4v) is 2.03. The summed E-state index contributed by atoms with van der Waals surface area (Å²) >= 11 is 3.28. The minimum Gasteiger partial charge on any atom is -0.326 e. The molecule has 98 valence electrons. The summed E-state index contributed by atoms with van der Waals surface area (Å²) < 4.78 is 27.2. The molecule has 0 atom stereocenters. The molecule has 2 aromatic carbocycles. The highest BCUT2D eigenvalue weighted by atomic mass is 79.9. The van der Waals surface area contributed by atoms with E-state index in [0.717, 1.165) is 10.5 Å². The van der Waals surface area contributed by atoms with E-state index in [-0.39, 0.29) is 12.0 Å². The van der Waals surface area contributed by atoms with Crippen LogP contribution in [0.4, 0.5) is 14.5 Å². The molecule has 0 radical (unpaired) electrons. The first kappa shape index (κ1) is 13.7. The van der Waals surface area contributed by atoms with Crippen LogP contribution < -0.4 is 5.32 Å². The number of carbonyl (C=O) groups is 1. The number of carbonyl (C=O) groups excluding carboxylic acids is 1. The molecule has 0 unspecified atom stereocenters. The third-order valence-corrected chi connectivity index (χ3v) is 2.98. The van der Waals surface area contributed by atoms with Crippen molar-refractivity contribution in [2.24, 2.45) is 0 Å². The van der Waals surface area contributed by atoms with Gasteiger partial charge < -0.3 is 5.32 Å². The lowest BCUT2D eigenvalue weighted by molar-refractivity contribution is -0.115. The second-order valence-electron chi connectivity index (χ2n) is 3.95. The van der Waals surface area contributed by atoms with Gasteiger partial charge in [0.05, 0.1) is 6.42 Å². The molecular weight excluding hydrogens is 316 g/mol. The topological polar surface area (TPSA) is 29.1 Å². The van der Waals surface area contributed by atoms with Crippen molar-refractivity contribution in [2.45, 2.75) is 6.42 Å². The van der Waals surface area contributed by atoms with Gasteiger partial charge in [0.2, 0.25) is 5.91 Å². The van der Waals surface area contributed by atoms with Crippen LogP contribution in [0, 0.1) is 11.6 Å².